The van der Waals surface area contributed by atoms with E-state index in [9.17, 15) is 10.0 Å². The Morgan fingerprint density at radius 2 is 1.78 bits per heavy atom. The summed E-state index contributed by atoms with van der Waals surface area (Å²) in [6.07, 6.45) is 5.20. The highest BCUT2D eigenvalue weighted by atomic mass is 16.5. The van der Waals surface area contributed by atoms with Crippen LogP contribution < -0.4 is 14.2 Å². The lowest BCUT2D eigenvalue weighted by atomic mass is 10.2. The van der Waals surface area contributed by atoms with Crippen LogP contribution in [0.15, 0.2) is 22.9 Å². The number of rotatable bonds is 11. The molecule has 0 aromatic carbocycles. The number of aromatic nitrogens is 2. The van der Waals surface area contributed by atoms with E-state index in [1.54, 1.807) is 13.0 Å². The average Bonchev–Trinajstić information content (AvgIpc) is 3.14. The van der Waals surface area contributed by atoms with Gasteiger partial charge in [-0.25, -0.2) is 4.79 Å². The molecule has 0 bridgehead atoms. The summed E-state index contributed by atoms with van der Waals surface area (Å²) >= 11 is 0. The fourth-order valence-corrected chi connectivity index (χ4v) is 2.26. The summed E-state index contributed by atoms with van der Waals surface area (Å²) in [7, 11) is 0. The minimum Gasteiger partial charge on any atom is -0.489 e. The van der Waals surface area contributed by atoms with Gasteiger partial charge in [-0.05, 0) is 19.8 Å². The molecule has 2 aromatic heterocycles. The first-order chi connectivity index (χ1) is 13.1. The molecule has 0 aliphatic carbocycles. The number of nitrogens with zero attached hydrogens (tertiary/aromatic N) is 2. The molecule has 8 heteroatoms. The van der Waals surface area contributed by atoms with Crippen molar-refractivity contribution in [2.75, 3.05) is 19.8 Å². The van der Waals surface area contributed by atoms with Crippen molar-refractivity contribution in [2.45, 2.75) is 46.5 Å². The summed E-state index contributed by atoms with van der Waals surface area (Å²) in [5.41, 5.74) is 0.316. The number of ether oxygens (including phenoxy) is 3. The van der Waals surface area contributed by atoms with Gasteiger partial charge in [0, 0.05) is 10.8 Å². The Balaban J connectivity index is 2.30. The second-order valence-corrected chi connectivity index (χ2v) is 5.93. The molecule has 8 nitrogen and oxygen atoms in total. The second kappa shape index (κ2) is 10.4. The minimum atomic E-state index is -0.587. The molecule has 27 heavy (non-hydrogen) atoms. The maximum Gasteiger partial charge on any atom is 0.360 e. The molecule has 148 valence electrons. The predicted octanol–water partition coefficient (Wildman–Crippen LogP) is 3.40. The van der Waals surface area contributed by atoms with E-state index in [1.807, 2.05) is 0 Å². The van der Waals surface area contributed by atoms with Gasteiger partial charge in [-0.1, -0.05) is 31.8 Å². The maximum atomic E-state index is 11.8. The van der Waals surface area contributed by atoms with Crippen LogP contribution in [0.5, 0.6) is 11.5 Å². The van der Waals surface area contributed by atoms with E-state index >= 15 is 0 Å². The highest BCUT2D eigenvalue weighted by molar-refractivity contribution is 5.88. The van der Waals surface area contributed by atoms with Gasteiger partial charge in [0.2, 0.25) is 11.5 Å². The predicted molar refractivity (Wildman–Crippen MR) is 96.1 cm³/mol. The molecule has 2 heterocycles. The van der Waals surface area contributed by atoms with E-state index in [-0.39, 0.29) is 23.8 Å². The van der Waals surface area contributed by atoms with Crippen LogP contribution in [-0.2, 0) is 4.74 Å². The van der Waals surface area contributed by atoms with Crippen LogP contribution in [0.3, 0.4) is 0 Å². The Bertz CT molecular complexity index is 744. The largest absolute Gasteiger partial charge is 0.489 e. The van der Waals surface area contributed by atoms with Crippen molar-refractivity contribution in [2.24, 2.45) is 0 Å². The van der Waals surface area contributed by atoms with Crippen molar-refractivity contribution in [3.8, 4) is 23.0 Å². The van der Waals surface area contributed by atoms with Gasteiger partial charge < -0.3 is 18.7 Å². The maximum absolute atomic E-state index is 11.8. The lowest BCUT2D eigenvalue weighted by Crippen LogP contribution is -2.32. The van der Waals surface area contributed by atoms with Crippen molar-refractivity contribution in [1.29, 1.82) is 0 Å². The topological polar surface area (TPSA) is 94.9 Å². The van der Waals surface area contributed by atoms with Crippen molar-refractivity contribution in [3.63, 3.8) is 0 Å². The third-order valence-electron chi connectivity index (χ3n) is 3.76. The van der Waals surface area contributed by atoms with E-state index in [0.717, 1.165) is 30.4 Å². The first-order valence-electron chi connectivity index (χ1n) is 9.29. The van der Waals surface area contributed by atoms with Crippen LogP contribution in [-0.4, -0.2) is 36.2 Å². The molecular weight excluding hydrogens is 352 g/mol. The third-order valence-corrected chi connectivity index (χ3v) is 3.76. The molecule has 0 amide bonds. The zero-order chi connectivity index (χ0) is 19.6. The third kappa shape index (κ3) is 5.60. The summed E-state index contributed by atoms with van der Waals surface area (Å²) in [5.74, 6) is 0.557. The monoisotopic (exact) mass is 379 g/mol. The molecule has 2 rings (SSSR count). The fraction of sp³-hybridized carbons (Fsp3) is 0.526. The highest BCUT2D eigenvalue weighted by Gasteiger charge is 2.26. The van der Waals surface area contributed by atoms with Crippen LogP contribution in [0, 0.1) is 0 Å². The Morgan fingerprint density at radius 1 is 1.11 bits per heavy atom. The van der Waals surface area contributed by atoms with Gasteiger partial charge in [-0.15, -0.1) is 0 Å². The highest BCUT2D eigenvalue weighted by Crippen LogP contribution is 2.30. The summed E-state index contributed by atoms with van der Waals surface area (Å²) in [6, 6.07) is 3.01. The quantitative estimate of drug-likeness (QED) is 0.277. The second-order valence-electron chi connectivity index (χ2n) is 5.93. The number of pyridine rings is 1. The van der Waals surface area contributed by atoms with E-state index < -0.39 is 5.97 Å². The lowest BCUT2D eigenvalue weighted by Gasteiger charge is -2.11. The van der Waals surface area contributed by atoms with E-state index in [4.69, 9.17) is 18.7 Å². The Labute approximate surface area is 158 Å². The smallest absolute Gasteiger partial charge is 0.360 e. The van der Waals surface area contributed by atoms with Gasteiger partial charge in [-0.2, -0.15) is 0 Å². The van der Waals surface area contributed by atoms with Crippen LogP contribution in [0.25, 0.3) is 11.5 Å². The standard InChI is InChI=1S/C19H27N2O6/c1-4-7-9-25-17-12-15(21(23)13-18(17)26-10-8-5-2)16-11-14(20-27-16)19(22)24-6-3/h11-13,23H,4-10H2,1-3H3/q+1. The lowest BCUT2D eigenvalue weighted by molar-refractivity contribution is -0.896. The molecule has 0 aliphatic heterocycles. The van der Waals surface area contributed by atoms with Crippen LogP contribution in [0.2, 0.25) is 0 Å². The Kier molecular flexibility index (Phi) is 7.91. The van der Waals surface area contributed by atoms with Crippen molar-refractivity contribution in [1.82, 2.24) is 5.16 Å². The zero-order valence-electron chi connectivity index (χ0n) is 16.1. The fourth-order valence-electron chi connectivity index (χ4n) is 2.26. The van der Waals surface area contributed by atoms with E-state index in [1.165, 1.54) is 12.3 Å². The number of hydrogen-bond acceptors (Lipinski definition) is 7. The van der Waals surface area contributed by atoms with E-state index in [2.05, 4.69) is 19.0 Å². The zero-order valence-corrected chi connectivity index (χ0v) is 16.1. The number of unbranched alkanes of at least 4 members (excludes halogenated alkanes) is 2. The molecule has 0 atom stereocenters. The van der Waals surface area contributed by atoms with Gasteiger partial charge in [-0.3, -0.25) is 5.21 Å². The Morgan fingerprint density at radius 3 is 2.41 bits per heavy atom. The normalized spacial score (nSPS) is 10.6. The van der Waals surface area contributed by atoms with Crippen LogP contribution in [0.4, 0.5) is 0 Å². The Hall–Kier alpha value is -2.77. The van der Waals surface area contributed by atoms with Crippen LogP contribution >= 0.6 is 0 Å². The molecule has 1 N–H and O–H groups in total. The van der Waals surface area contributed by atoms with Crippen molar-refractivity contribution < 1.29 is 33.5 Å². The average molecular weight is 379 g/mol. The molecule has 2 aromatic rings. The van der Waals surface area contributed by atoms with Gasteiger partial charge in [0.1, 0.15) is 0 Å². The van der Waals surface area contributed by atoms with Gasteiger partial charge in [0.25, 0.3) is 6.20 Å². The summed E-state index contributed by atoms with van der Waals surface area (Å²) in [4.78, 5) is 11.8. The summed E-state index contributed by atoms with van der Waals surface area (Å²) in [6.45, 7) is 7.14. The number of carbonyl (C=O) groups is 1. The molecule has 0 saturated carbocycles. The first-order valence-corrected chi connectivity index (χ1v) is 9.29. The van der Waals surface area contributed by atoms with Gasteiger partial charge >= 0.3 is 11.7 Å². The molecule has 0 saturated heterocycles. The summed E-state index contributed by atoms with van der Waals surface area (Å²) < 4.78 is 22.5. The molecule has 0 unspecified atom stereocenters. The SMILES string of the molecule is CCCCOc1cc(-c2cc(C(=O)OCC)no2)[n+](O)cc1OCCCC. The van der Waals surface area contributed by atoms with Gasteiger partial charge in [0.05, 0.1) is 25.9 Å². The van der Waals surface area contributed by atoms with Crippen molar-refractivity contribution in [3.05, 3.63) is 24.0 Å². The molecule has 0 fully saturated rings. The molecule has 0 spiro atoms. The summed E-state index contributed by atoms with van der Waals surface area (Å²) in [5, 5.41) is 14.0. The molecular formula is C19H27N2O6+. The molecule has 0 aliphatic rings. The molecule has 0 radical (unpaired) electrons. The number of esters is 1. The minimum absolute atomic E-state index is 0.0311. The van der Waals surface area contributed by atoms with E-state index in [0.29, 0.717) is 24.7 Å². The van der Waals surface area contributed by atoms with Crippen LogP contribution in [0.1, 0.15) is 56.9 Å². The van der Waals surface area contributed by atoms with Gasteiger partial charge in [0.15, 0.2) is 11.4 Å². The van der Waals surface area contributed by atoms with Crippen molar-refractivity contribution >= 4 is 5.97 Å². The number of carbonyl (C=O) groups excluding carboxylic acids is 1. The number of hydrogen-bond donors (Lipinski definition) is 1. The first kappa shape index (κ1) is 20.5.